The number of amides is 1. The highest BCUT2D eigenvalue weighted by Crippen LogP contribution is 2.33. The second-order valence-corrected chi connectivity index (χ2v) is 4.41. The van der Waals surface area contributed by atoms with E-state index in [1.807, 2.05) is 32.0 Å². The summed E-state index contributed by atoms with van der Waals surface area (Å²) in [5, 5.41) is 2.85. The lowest BCUT2D eigenvalue weighted by atomic mass is 10.1. The van der Waals surface area contributed by atoms with Crippen molar-refractivity contribution in [1.29, 1.82) is 0 Å². The average Bonchev–Trinajstić information content (AvgIpc) is 2.92. The third-order valence-electron chi connectivity index (χ3n) is 3.01. The molecule has 3 nitrogen and oxygen atoms in total. The normalized spacial score (nSPS) is 16.2. The Morgan fingerprint density at radius 2 is 1.94 bits per heavy atom. The van der Waals surface area contributed by atoms with Gasteiger partial charge in [-0.3, -0.25) is 4.79 Å². The lowest BCUT2D eigenvalue weighted by Crippen LogP contribution is -2.37. The van der Waals surface area contributed by atoms with Gasteiger partial charge in [-0.25, -0.2) is 0 Å². The van der Waals surface area contributed by atoms with Crippen molar-refractivity contribution in [3.63, 3.8) is 0 Å². The molecule has 1 fully saturated rings. The molecule has 2 rings (SSSR count). The SMILES string of the molecule is Cc1ccc(NC(=O)C2(N)CC2)cc1C.Cl. The molecule has 0 bridgehead atoms. The Kier molecular flexibility index (Phi) is 3.61. The lowest BCUT2D eigenvalue weighted by Gasteiger charge is -2.11. The van der Waals surface area contributed by atoms with Crippen molar-refractivity contribution in [2.24, 2.45) is 5.73 Å². The Labute approximate surface area is 102 Å². The Balaban J connectivity index is 0.00000128. The third-order valence-corrected chi connectivity index (χ3v) is 3.01. The quantitative estimate of drug-likeness (QED) is 0.832. The van der Waals surface area contributed by atoms with Crippen molar-refractivity contribution in [3.8, 4) is 0 Å². The van der Waals surface area contributed by atoms with Crippen LogP contribution < -0.4 is 11.1 Å². The largest absolute Gasteiger partial charge is 0.324 e. The first-order chi connectivity index (χ1) is 7.01. The number of halogens is 1. The third kappa shape index (κ3) is 2.54. The van der Waals surface area contributed by atoms with Gasteiger partial charge < -0.3 is 11.1 Å². The van der Waals surface area contributed by atoms with Crippen LogP contribution in [0.4, 0.5) is 5.69 Å². The highest BCUT2D eigenvalue weighted by molar-refractivity contribution is 6.00. The van der Waals surface area contributed by atoms with Gasteiger partial charge in [0.05, 0.1) is 5.54 Å². The van der Waals surface area contributed by atoms with Crippen molar-refractivity contribution in [2.45, 2.75) is 32.2 Å². The molecule has 0 atom stereocenters. The summed E-state index contributed by atoms with van der Waals surface area (Å²) in [6, 6.07) is 5.88. The van der Waals surface area contributed by atoms with E-state index in [1.165, 1.54) is 11.1 Å². The molecule has 16 heavy (non-hydrogen) atoms. The standard InChI is InChI=1S/C12H16N2O.ClH/c1-8-3-4-10(7-9(8)2)14-11(15)12(13)5-6-12;/h3-4,7H,5-6,13H2,1-2H3,(H,14,15);1H. The van der Waals surface area contributed by atoms with Gasteiger partial charge in [0.15, 0.2) is 0 Å². The topological polar surface area (TPSA) is 55.1 Å². The molecule has 0 radical (unpaired) electrons. The van der Waals surface area contributed by atoms with Gasteiger partial charge in [0, 0.05) is 5.69 Å². The summed E-state index contributed by atoms with van der Waals surface area (Å²) >= 11 is 0. The molecule has 0 unspecified atom stereocenters. The zero-order valence-corrected chi connectivity index (χ0v) is 10.4. The van der Waals surface area contributed by atoms with Crippen LogP contribution in [0.3, 0.4) is 0 Å². The fourth-order valence-electron chi connectivity index (χ4n) is 1.44. The Hall–Kier alpha value is -1.06. The summed E-state index contributed by atoms with van der Waals surface area (Å²) < 4.78 is 0. The zero-order valence-electron chi connectivity index (χ0n) is 9.54. The molecule has 1 aliphatic rings. The van der Waals surface area contributed by atoms with Gasteiger partial charge in [-0.15, -0.1) is 12.4 Å². The smallest absolute Gasteiger partial charge is 0.244 e. The van der Waals surface area contributed by atoms with Gasteiger partial charge in [-0.05, 0) is 49.9 Å². The molecule has 0 aromatic heterocycles. The van der Waals surface area contributed by atoms with Crippen LogP contribution >= 0.6 is 12.4 Å². The number of carbonyl (C=O) groups is 1. The van der Waals surface area contributed by atoms with Crippen molar-refractivity contribution in [2.75, 3.05) is 5.32 Å². The number of nitrogens with one attached hydrogen (secondary N) is 1. The molecule has 0 heterocycles. The molecular formula is C12H17ClN2O. The summed E-state index contributed by atoms with van der Waals surface area (Å²) in [5.41, 5.74) is 8.43. The van der Waals surface area contributed by atoms with Gasteiger partial charge in [-0.2, -0.15) is 0 Å². The van der Waals surface area contributed by atoms with Crippen molar-refractivity contribution < 1.29 is 4.79 Å². The van der Waals surface area contributed by atoms with Crippen molar-refractivity contribution in [3.05, 3.63) is 29.3 Å². The van der Waals surface area contributed by atoms with Gasteiger partial charge in [0.1, 0.15) is 0 Å². The second-order valence-electron chi connectivity index (χ2n) is 4.41. The van der Waals surface area contributed by atoms with E-state index in [-0.39, 0.29) is 18.3 Å². The van der Waals surface area contributed by atoms with E-state index in [1.54, 1.807) is 0 Å². The molecule has 1 aromatic carbocycles. The Bertz CT molecular complexity index is 413. The minimum Gasteiger partial charge on any atom is -0.324 e. The Morgan fingerprint density at radius 1 is 1.31 bits per heavy atom. The van der Waals surface area contributed by atoms with Crippen molar-refractivity contribution in [1.82, 2.24) is 0 Å². The first-order valence-corrected chi connectivity index (χ1v) is 5.19. The van der Waals surface area contributed by atoms with Gasteiger partial charge in [0.2, 0.25) is 5.91 Å². The molecule has 0 saturated heterocycles. The zero-order chi connectivity index (χ0) is 11.1. The van der Waals surface area contributed by atoms with E-state index in [4.69, 9.17) is 5.73 Å². The van der Waals surface area contributed by atoms with E-state index in [2.05, 4.69) is 5.32 Å². The maximum Gasteiger partial charge on any atom is 0.244 e. The molecule has 88 valence electrons. The summed E-state index contributed by atoms with van der Waals surface area (Å²) in [7, 11) is 0. The number of rotatable bonds is 2. The number of hydrogen-bond acceptors (Lipinski definition) is 2. The molecule has 1 aliphatic carbocycles. The van der Waals surface area contributed by atoms with Gasteiger partial charge in [0.25, 0.3) is 0 Å². The van der Waals surface area contributed by atoms with Gasteiger partial charge >= 0.3 is 0 Å². The molecule has 4 heteroatoms. The maximum atomic E-state index is 11.7. The first kappa shape index (κ1) is 13.0. The van der Waals surface area contributed by atoms with Crippen molar-refractivity contribution >= 4 is 24.0 Å². The summed E-state index contributed by atoms with van der Waals surface area (Å²) in [6.45, 7) is 4.08. The van der Waals surface area contributed by atoms with Gasteiger partial charge in [-0.1, -0.05) is 6.07 Å². The van der Waals surface area contributed by atoms with E-state index in [9.17, 15) is 4.79 Å². The molecule has 0 spiro atoms. The highest BCUT2D eigenvalue weighted by atomic mass is 35.5. The van der Waals surface area contributed by atoms with Crippen LogP contribution in [0, 0.1) is 13.8 Å². The van der Waals surface area contributed by atoms with Crippen LogP contribution in [0.1, 0.15) is 24.0 Å². The lowest BCUT2D eigenvalue weighted by molar-refractivity contribution is -0.118. The summed E-state index contributed by atoms with van der Waals surface area (Å²) in [5.74, 6) is -0.0641. The monoisotopic (exact) mass is 240 g/mol. The number of anilines is 1. The molecule has 1 aromatic rings. The first-order valence-electron chi connectivity index (χ1n) is 5.19. The Morgan fingerprint density at radius 3 is 2.44 bits per heavy atom. The van der Waals surface area contributed by atoms with Crippen LogP contribution in [0.15, 0.2) is 18.2 Å². The second kappa shape index (κ2) is 4.44. The maximum absolute atomic E-state index is 11.7. The average molecular weight is 241 g/mol. The molecular weight excluding hydrogens is 224 g/mol. The molecule has 0 aliphatic heterocycles. The number of benzene rings is 1. The van der Waals surface area contributed by atoms with Crippen LogP contribution in [0.5, 0.6) is 0 Å². The minimum absolute atomic E-state index is 0. The van der Waals surface area contributed by atoms with Crippen LogP contribution in [-0.4, -0.2) is 11.4 Å². The number of aryl methyl sites for hydroxylation is 2. The minimum atomic E-state index is -0.598. The van der Waals surface area contributed by atoms with E-state index in [0.29, 0.717) is 0 Å². The van der Waals surface area contributed by atoms with Crippen LogP contribution in [-0.2, 0) is 4.79 Å². The number of carbonyl (C=O) groups excluding carboxylic acids is 1. The summed E-state index contributed by atoms with van der Waals surface area (Å²) in [6.07, 6.45) is 1.59. The van der Waals surface area contributed by atoms with E-state index in [0.717, 1.165) is 18.5 Å². The fourth-order valence-corrected chi connectivity index (χ4v) is 1.44. The molecule has 3 N–H and O–H groups in total. The number of hydrogen-bond donors (Lipinski definition) is 2. The number of nitrogens with two attached hydrogens (primary N) is 1. The van der Waals surface area contributed by atoms with E-state index < -0.39 is 5.54 Å². The van der Waals surface area contributed by atoms with E-state index >= 15 is 0 Å². The predicted octanol–water partition coefficient (Wildman–Crippen LogP) is 2.16. The summed E-state index contributed by atoms with van der Waals surface area (Å²) in [4.78, 5) is 11.7. The molecule has 1 saturated carbocycles. The predicted molar refractivity (Wildman–Crippen MR) is 67.9 cm³/mol. The fraction of sp³-hybridized carbons (Fsp3) is 0.417. The molecule has 1 amide bonds. The van der Waals surface area contributed by atoms with Crippen LogP contribution in [0.2, 0.25) is 0 Å². The highest BCUT2D eigenvalue weighted by Gasteiger charge is 2.45. The van der Waals surface area contributed by atoms with Crippen LogP contribution in [0.25, 0.3) is 0 Å².